The molecule has 1 amide bonds. The van der Waals surface area contributed by atoms with E-state index in [4.69, 9.17) is 4.42 Å². The molecule has 3 rings (SSSR count). The number of aromatic nitrogens is 1. The quantitative estimate of drug-likeness (QED) is 0.775. The van der Waals surface area contributed by atoms with E-state index < -0.39 is 0 Å². The maximum Gasteiger partial charge on any atom is 0.277 e. The Labute approximate surface area is 160 Å². The zero-order valence-electron chi connectivity index (χ0n) is 16.0. The molecule has 7 heteroatoms. The van der Waals surface area contributed by atoms with E-state index in [-0.39, 0.29) is 17.7 Å². The molecule has 1 fully saturated rings. The first kappa shape index (κ1) is 19.5. The van der Waals surface area contributed by atoms with E-state index in [9.17, 15) is 9.90 Å². The van der Waals surface area contributed by atoms with Crippen molar-refractivity contribution in [1.82, 2.24) is 14.8 Å². The molecule has 1 aliphatic rings. The van der Waals surface area contributed by atoms with Crippen molar-refractivity contribution < 1.29 is 14.3 Å². The standard InChI is InChI=1S/C20H28N4O3/c1-3-17(25)12-23-7-9-24(10-8-23)13-19-22-18(14-27-19)20(26)21-16-6-4-5-15(2)11-16/h4-6,11,14,17,25H,3,7-10,12-13H2,1-2H3,(H,21,26). The molecule has 1 unspecified atom stereocenters. The summed E-state index contributed by atoms with van der Waals surface area (Å²) < 4.78 is 5.49. The lowest BCUT2D eigenvalue weighted by atomic mass is 10.2. The van der Waals surface area contributed by atoms with Crippen LogP contribution in [0.1, 0.15) is 35.3 Å². The summed E-state index contributed by atoms with van der Waals surface area (Å²) in [5.74, 6) is 0.278. The second-order valence-corrected chi connectivity index (χ2v) is 7.09. The first-order chi connectivity index (χ1) is 13.0. The molecule has 2 aromatic rings. The first-order valence-corrected chi connectivity index (χ1v) is 9.48. The fraction of sp³-hybridized carbons (Fsp3) is 0.500. The SMILES string of the molecule is CCC(O)CN1CCN(Cc2nc(C(=O)Nc3cccc(C)c3)co2)CC1. The number of anilines is 1. The number of carbonyl (C=O) groups excluding carboxylic acids is 1. The van der Waals surface area contributed by atoms with Crippen LogP contribution in [-0.4, -0.2) is 64.6 Å². The molecule has 0 aliphatic carbocycles. The van der Waals surface area contributed by atoms with E-state index in [1.165, 1.54) is 6.26 Å². The fourth-order valence-corrected chi connectivity index (χ4v) is 3.15. The minimum Gasteiger partial charge on any atom is -0.447 e. The number of aliphatic hydroxyl groups is 1. The summed E-state index contributed by atoms with van der Waals surface area (Å²) in [6.45, 7) is 8.90. The lowest BCUT2D eigenvalue weighted by Crippen LogP contribution is -2.48. The molecule has 1 atom stereocenters. The molecule has 0 bridgehead atoms. The fourth-order valence-electron chi connectivity index (χ4n) is 3.15. The number of hydrogen-bond donors (Lipinski definition) is 2. The number of carbonyl (C=O) groups is 1. The van der Waals surface area contributed by atoms with Gasteiger partial charge in [-0.2, -0.15) is 0 Å². The number of β-amino-alcohol motifs (C(OH)–C–C–N with tert-alkyl or cyclic N) is 1. The minimum atomic E-state index is -0.269. The number of benzene rings is 1. The van der Waals surface area contributed by atoms with Crippen LogP contribution in [0.2, 0.25) is 0 Å². The van der Waals surface area contributed by atoms with Crippen molar-refractivity contribution in [2.75, 3.05) is 38.0 Å². The number of amides is 1. The first-order valence-electron chi connectivity index (χ1n) is 9.48. The van der Waals surface area contributed by atoms with Crippen LogP contribution < -0.4 is 5.32 Å². The van der Waals surface area contributed by atoms with Gasteiger partial charge < -0.3 is 14.8 Å². The highest BCUT2D eigenvalue weighted by atomic mass is 16.3. The van der Waals surface area contributed by atoms with Crippen molar-refractivity contribution in [2.45, 2.75) is 32.9 Å². The van der Waals surface area contributed by atoms with Crippen molar-refractivity contribution in [3.8, 4) is 0 Å². The van der Waals surface area contributed by atoms with Gasteiger partial charge >= 0.3 is 0 Å². The number of aryl methyl sites for hydroxylation is 1. The topological polar surface area (TPSA) is 81.8 Å². The van der Waals surface area contributed by atoms with Crippen LogP contribution >= 0.6 is 0 Å². The van der Waals surface area contributed by atoms with Gasteiger partial charge in [-0.25, -0.2) is 4.98 Å². The number of aliphatic hydroxyl groups excluding tert-OH is 1. The highest BCUT2D eigenvalue weighted by Gasteiger charge is 2.21. The molecule has 1 aliphatic heterocycles. The van der Waals surface area contributed by atoms with Gasteiger partial charge in [0.05, 0.1) is 12.6 Å². The Morgan fingerprint density at radius 1 is 1.30 bits per heavy atom. The molecule has 146 valence electrons. The number of hydrogen-bond acceptors (Lipinski definition) is 6. The summed E-state index contributed by atoms with van der Waals surface area (Å²) in [6.07, 6.45) is 1.94. The number of oxazole rings is 1. The zero-order chi connectivity index (χ0) is 19.2. The molecule has 7 nitrogen and oxygen atoms in total. The van der Waals surface area contributed by atoms with Crippen LogP contribution in [0.25, 0.3) is 0 Å². The van der Waals surface area contributed by atoms with Gasteiger partial charge in [-0.15, -0.1) is 0 Å². The van der Waals surface area contributed by atoms with Gasteiger partial charge in [0, 0.05) is 38.4 Å². The number of nitrogens with zero attached hydrogens (tertiary/aromatic N) is 3. The van der Waals surface area contributed by atoms with Gasteiger partial charge in [0.25, 0.3) is 5.91 Å². The Balaban J connectivity index is 1.49. The Hall–Kier alpha value is -2.22. The average molecular weight is 372 g/mol. The Kier molecular flexibility index (Phi) is 6.60. The van der Waals surface area contributed by atoms with Gasteiger partial charge in [0.15, 0.2) is 5.69 Å². The van der Waals surface area contributed by atoms with E-state index in [1.807, 2.05) is 38.1 Å². The summed E-state index contributed by atoms with van der Waals surface area (Å²) in [5.41, 5.74) is 2.12. The van der Waals surface area contributed by atoms with Gasteiger partial charge in [-0.3, -0.25) is 14.6 Å². The molecule has 27 heavy (non-hydrogen) atoms. The molecule has 1 saturated heterocycles. The average Bonchev–Trinajstić information content (AvgIpc) is 3.12. The van der Waals surface area contributed by atoms with E-state index in [0.29, 0.717) is 12.4 Å². The molecule has 0 saturated carbocycles. The molecule has 2 heterocycles. The van der Waals surface area contributed by atoms with Gasteiger partial charge in [-0.05, 0) is 31.0 Å². The largest absolute Gasteiger partial charge is 0.447 e. The summed E-state index contributed by atoms with van der Waals surface area (Å²) in [4.78, 5) is 21.2. The van der Waals surface area contributed by atoms with Crippen molar-refractivity contribution in [3.63, 3.8) is 0 Å². The highest BCUT2D eigenvalue weighted by Crippen LogP contribution is 2.13. The Bertz CT molecular complexity index is 753. The number of nitrogens with one attached hydrogen (secondary N) is 1. The maximum absolute atomic E-state index is 12.3. The smallest absolute Gasteiger partial charge is 0.277 e. The van der Waals surface area contributed by atoms with E-state index in [2.05, 4.69) is 20.1 Å². The van der Waals surface area contributed by atoms with Crippen LogP contribution in [-0.2, 0) is 6.54 Å². The minimum absolute atomic E-state index is 0.252. The number of rotatable bonds is 7. The third-order valence-corrected chi connectivity index (χ3v) is 4.82. The lowest BCUT2D eigenvalue weighted by molar-refractivity contribution is 0.0658. The molecule has 0 spiro atoms. The monoisotopic (exact) mass is 372 g/mol. The lowest BCUT2D eigenvalue weighted by Gasteiger charge is -2.34. The second kappa shape index (κ2) is 9.12. The predicted molar refractivity (Wildman–Crippen MR) is 104 cm³/mol. The summed E-state index contributed by atoms with van der Waals surface area (Å²) in [6, 6.07) is 7.64. The molecule has 0 radical (unpaired) electrons. The van der Waals surface area contributed by atoms with E-state index >= 15 is 0 Å². The summed E-state index contributed by atoms with van der Waals surface area (Å²) in [7, 11) is 0. The highest BCUT2D eigenvalue weighted by molar-refractivity contribution is 6.02. The van der Waals surface area contributed by atoms with Gasteiger partial charge in [0.1, 0.15) is 6.26 Å². The second-order valence-electron chi connectivity index (χ2n) is 7.09. The van der Waals surface area contributed by atoms with Crippen LogP contribution in [0.3, 0.4) is 0 Å². The van der Waals surface area contributed by atoms with Crippen molar-refractivity contribution in [2.24, 2.45) is 0 Å². The third-order valence-electron chi connectivity index (χ3n) is 4.82. The van der Waals surface area contributed by atoms with Crippen LogP contribution in [0.4, 0.5) is 5.69 Å². The normalized spacial score (nSPS) is 17.0. The summed E-state index contributed by atoms with van der Waals surface area (Å²) >= 11 is 0. The Morgan fingerprint density at radius 3 is 2.74 bits per heavy atom. The van der Waals surface area contributed by atoms with Crippen LogP contribution in [0.15, 0.2) is 34.9 Å². The predicted octanol–water partition coefficient (Wildman–Crippen LogP) is 2.12. The van der Waals surface area contributed by atoms with E-state index in [0.717, 1.165) is 50.4 Å². The van der Waals surface area contributed by atoms with E-state index in [1.54, 1.807) is 0 Å². The molecular formula is C20H28N4O3. The molecular weight excluding hydrogens is 344 g/mol. The zero-order valence-corrected chi connectivity index (χ0v) is 16.0. The van der Waals surface area contributed by atoms with Crippen LogP contribution in [0, 0.1) is 6.92 Å². The van der Waals surface area contributed by atoms with Gasteiger partial charge in [-0.1, -0.05) is 19.1 Å². The maximum atomic E-state index is 12.3. The third kappa shape index (κ3) is 5.63. The molecule has 2 N–H and O–H groups in total. The number of piperazine rings is 1. The van der Waals surface area contributed by atoms with Crippen LogP contribution in [0.5, 0.6) is 0 Å². The van der Waals surface area contributed by atoms with Crippen molar-refractivity contribution >= 4 is 11.6 Å². The Morgan fingerprint density at radius 2 is 2.04 bits per heavy atom. The molecule has 1 aromatic heterocycles. The summed E-state index contributed by atoms with van der Waals surface area (Å²) in [5, 5.41) is 12.6. The van der Waals surface area contributed by atoms with Gasteiger partial charge in [0.2, 0.25) is 5.89 Å². The van der Waals surface area contributed by atoms with Crippen molar-refractivity contribution in [3.05, 3.63) is 47.7 Å². The molecule has 1 aromatic carbocycles. The van der Waals surface area contributed by atoms with Crippen molar-refractivity contribution in [1.29, 1.82) is 0 Å².